The van der Waals surface area contributed by atoms with E-state index in [0.717, 1.165) is 6.42 Å². The lowest BCUT2D eigenvalue weighted by Crippen LogP contribution is -2.10. The van der Waals surface area contributed by atoms with Gasteiger partial charge in [-0.1, -0.05) is 6.92 Å². The van der Waals surface area contributed by atoms with Gasteiger partial charge < -0.3 is 4.74 Å². The first-order chi connectivity index (χ1) is 4.66. The number of ketones is 1. The molecule has 0 saturated carbocycles. The molecule has 0 aliphatic carbocycles. The summed E-state index contributed by atoms with van der Waals surface area (Å²) in [5.74, 6) is -0.415. The Morgan fingerprint density at radius 3 is 2.40 bits per heavy atom. The van der Waals surface area contributed by atoms with Crippen LogP contribution in [-0.4, -0.2) is 18.4 Å². The molecule has 0 heterocycles. The molecule has 0 radical (unpaired) electrons. The average molecular weight is 144 g/mol. The van der Waals surface area contributed by atoms with Crippen molar-refractivity contribution in [2.45, 2.75) is 26.7 Å². The summed E-state index contributed by atoms with van der Waals surface area (Å²) in [4.78, 5) is 20.8. The molecule has 0 aromatic rings. The minimum Gasteiger partial charge on any atom is -0.458 e. The Morgan fingerprint density at radius 2 is 2.00 bits per heavy atom. The Labute approximate surface area is 60.4 Å². The van der Waals surface area contributed by atoms with Crippen molar-refractivity contribution < 1.29 is 14.3 Å². The zero-order valence-electron chi connectivity index (χ0n) is 6.35. The predicted molar refractivity (Wildman–Crippen MR) is 36.5 cm³/mol. The number of rotatable bonds is 4. The summed E-state index contributed by atoms with van der Waals surface area (Å²) in [6, 6.07) is 0. The molecule has 0 amide bonds. The number of carbonyl (C=O) groups excluding carboxylic acids is 2. The predicted octanol–water partition coefficient (Wildman–Crippen LogP) is 0.919. The average Bonchev–Trinajstić information content (AvgIpc) is 1.85. The number of hydrogen-bond donors (Lipinski definition) is 0. The molecule has 58 valence electrons. The first-order valence-corrected chi connectivity index (χ1v) is 3.32. The van der Waals surface area contributed by atoms with Crippen LogP contribution in [0, 0.1) is 0 Å². The third-order valence-electron chi connectivity index (χ3n) is 0.891. The molecule has 0 aromatic heterocycles. The van der Waals surface area contributed by atoms with Crippen molar-refractivity contribution in [3.8, 4) is 0 Å². The molecule has 0 N–H and O–H groups in total. The molecular formula is C7H12O3. The van der Waals surface area contributed by atoms with Crippen LogP contribution in [0.1, 0.15) is 26.7 Å². The second kappa shape index (κ2) is 4.97. The minimum absolute atomic E-state index is 0.0845. The number of carbonyl (C=O) groups is 2. The molecule has 0 rings (SSSR count). The fraction of sp³-hybridized carbons (Fsp3) is 0.714. The van der Waals surface area contributed by atoms with Crippen molar-refractivity contribution in [3.63, 3.8) is 0 Å². The van der Waals surface area contributed by atoms with Crippen LogP contribution >= 0.6 is 0 Å². The molecule has 0 aliphatic heterocycles. The van der Waals surface area contributed by atoms with Crippen molar-refractivity contribution in [1.82, 2.24) is 0 Å². The Hall–Kier alpha value is -0.860. The highest BCUT2D eigenvalue weighted by atomic mass is 16.5. The van der Waals surface area contributed by atoms with Crippen molar-refractivity contribution in [1.29, 1.82) is 0 Å². The summed E-state index contributed by atoms with van der Waals surface area (Å²) in [6.45, 7) is 3.19. The van der Waals surface area contributed by atoms with Crippen LogP contribution in [0.25, 0.3) is 0 Å². The van der Waals surface area contributed by atoms with E-state index < -0.39 is 0 Å². The lowest BCUT2D eigenvalue weighted by molar-refractivity contribution is -0.147. The van der Waals surface area contributed by atoms with E-state index >= 15 is 0 Å². The van der Waals surface area contributed by atoms with Gasteiger partial charge in [0.2, 0.25) is 0 Å². The molecule has 0 saturated heterocycles. The van der Waals surface area contributed by atoms with E-state index in [4.69, 9.17) is 0 Å². The summed E-state index contributed by atoms with van der Waals surface area (Å²) in [6.07, 6.45) is 1.16. The third-order valence-corrected chi connectivity index (χ3v) is 0.891. The molecule has 0 aliphatic rings. The van der Waals surface area contributed by atoms with Crippen molar-refractivity contribution >= 4 is 11.8 Å². The Balaban J connectivity index is 3.30. The van der Waals surface area contributed by atoms with E-state index in [0.29, 0.717) is 6.42 Å². The zero-order valence-corrected chi connectivity index (χ0v) is 6.35. The number of hydrogen-bond acceptors (Lipinski definition) is 3. The Morgan fingerprint density at radius 1 is 1.40 bits per heavy atom. The molecule has 3 nitrogen and oxygen atoms in total. The van der Waals surface area contributed by atoms with Gasteiger partial charge in [-0.3, -0.25) is 9.59 Å². The van der Waals surface area contributed by atoms with Crippen LogP contribution in [0.2, 0.25) is 0 Å². The van der Waals surface area contributed by atoms with E-state index in [1.165, 1.54) is 6.92 Å². The molecule has 0 spiro atoms. The van der Waals surface area contributed by atoms with Gasteiger partial charge in [0.05, 0.1) is 0 Å². The smallest absolute Gasteiger partial charge is 0.306 e. The maximum Gasteiger partial charge on any atom is 0.306 e. The molecule has 0 aromatic carbocycles. The fourth-order valence-corrected chi connectivity index (χ4v) is 0.458. The van der Waals surface area contributed by atoms with Crippen LogP contribution < -0.4 is 0 Å². The molecule has 3 heteroatoms. The van der Waals surface area contributed by atoms with Crippen LogP contribution in [0.3, 0.4) is 0 Å². The second-order valence-corrected chi connectivity index (χ2v) is 2.11. The van der Waals surface area contributed by atoms with E-state index in [2.05, 4.69) is 4.74 Å². The third kappa shape index (κ3) is 5.28. The monoisotopic (exact) mass is 144 g/mol. The van der Waals surface area contributed by atoms with Crippen LogP contribution in [-0.2, 0) is 14.3 Å². The first kappa shape index (κ1) is 9.14. The van der Waals surface area contributed by atoms with Crippen molar-refractivity contribution in [3.05, 3.63) is 0 Å². The number of ether oxygens (including phenoxy) is 1. The highest BCUT2D eigenvalue weighted by Crippen LogP contribution is 1.90. The topological polar surface area (TPSA) is 43.4 Å². The van der Waals surface area contributed by atoms with E-state index in [1.54, 1.807) is 0 Å². The minimum atomic E-state index is -0.294. The highest BCUT2D eigenvalue weighted by Gasteiger charge is 2.00. The molecular weight excluding hydrogens is 132 g/mol. The fourth-order valence-electron chi connectivity index (χ4n) is 0.458. The maximum atomic E-state index is 10.6. The highest BCUT2D eigenvalue weighted by molar-refractivity contribution is 5.80. The molecule has 0 atom stereocenters. The van der Waals surface area contributed by atoms with Gasteiger partial charge in [0.15, 0.2) is 5.78 Å². The number of Topliss-reactive ketones (excluding diaryl/α,β-unsaturated/α-hetero) is 1. The lowest BCUT2D eigenvalue weighted by Gasteiger charge is -1.98. The van der Waals surface area contributed by atoms with Crippen LogP contribution in [0.4, 0.5) is 0 Å². The van der Waals surface area contributed by atoms with Crippen LogP contribution in [0.5, 0.6) is 0 Å². The van der Waals surface area contributed by atoms with E-state index in [9.17, 15) is 9.59 Å². The molecule has 10 heavy (non-hydrogen) atoms. The lowest BCUT2D eigenvalue weighted by atomic mass is 10.3. The largest absolute Gasteiger partial charge is 0.458 e. The van der Waals surface area contributed by atoms with Gasteiger partial charge in [-0.2, -0.15) is 0 Å². The van der Waals surface area contributed by atoms with Crippen molar-refractivity contribution in [2.24, 2.45) is 0 Å². The maximum absolute atomic E-state index is 10.6. The van der Waals surface area contributed by atoms with Gasteiger partial charge in [-0.05, 0) is 13.3 Å². The summed E-state index contributed by atoms with van der Waals surface area (Å²) in [7, 11) is 0. The summed E-state index contributed by atoms with van der Waals surface area (Å²) in [5.41, 5.74) is 0. The van der Waals surface area contributed by atoms with E-state index in [1.807, 2.05) is 6.92 Å². The van der Waals surface area contributed by atoms with E-state index in [-0.39, 0.29) is 18.4 Å². The van der Waals surface area contributed by atoms with Crippen LogP contribution in [0.15, 0.2) is 0 Å². The van der Waals surface area contributed by atoms with Crippen molar-refractivity contribution in [2.75, 3.05) is 6.61 Å². The van der Waals surface area contributed by atoms with Gasteiger partial charge in [-0.15, -0.1) is 0 Å². The quantitative estimate of drug-likeness (QED) is 0.551. The Kier molecular flexibility index (Phi) is 4.54. The van der Waals surface area contributed by atoms with Gasteiger partial charge in [0, 0.05) is 6.42 Å². The van der Waals surface area contributed by atoms with Gasteiger partial charge in [0.25, 0.3) is 0 Å². The SMILES string of the molecule is CCCC(=O)OCC(C)=O. The number of esters is 1. The first-order valence-electron chi connectivity index (χ1n) is 3.32. The summed E-state index contributed by atoms with van der Waals surface area (Å²) < 4.78 is 4.56. The Bertz CT molecular complexity index is 129. The second-order valence-electron chi connectivity index (χ2n) is 2.11. The summed E-state index contributed by atoms with van der Waals surface area (Å²) >= 11 is 0. The molecule has 0 fully saturated rings. The normalized spacial score (nSPS) is 9.00. The zero-order chi connectivity index (χ0) is 7.98. The molecule has 0 bridgehead atoms. The van der Waals surface area contributed by atoms with Gasteiger partial charge in [-0.25, -0.2) is 0 Å². The van der Waals surface area contributed by atoms with Gasteiger partial charge in [0.1, 0.15) is 6.61 Å². The summed E-state index contributed by atoms with van der Waals surface area (Å²) in [5, 5.41) is 0. The van der Waals surface area contributed by atoms with Gasteiger partial charge >= 0.3 is 5.97 Å². The molecule has 0 unspecified atom stereocenters. The standard InChI is InChI=1S/C7H12O3/c1-3-4-7(9)10-5-6(2)8/h3-5H2,1-2H3.